The Kier molecular flexibility index (Phi) is 5.90. The molecule has 2 unspecified atom stereocenters. The van der Waals surface area contributed by atoms with E-state index in [1.165, 1.54) is 5.56 Å². The zero-order chi connectivity index (χ0) is 16.8. The van der Waals surface area contributed by atoms with Crippen molar-refractivity contribution in [3.63, 3.8) is 0 Å². The summed E-state index contributed by atoms with van der Waals surface area (Å²) < 4.78 is 0. The summed E-state index contributed by atoms with van der Waals surface area (Å²) in [5.74, 6) is 0.272. The first-order valence-corrected chi connectivity index (χ1v) is 7.92. The first-order valence-electron chi connectivity index (χ1n) is 7.92. The van der Waals surface area contributed by atoms with Crippen LogP contribution >= 0.6 is 0 Å². The predicted molar refractivity (Wildman–Crippen MR) is 93.8 cm³/mol. The van der Waals surface area contributed by atoms with Gasteiger partial charge in [-0.05, 0) is 22.6 Å². The summed E-state index contributed by atoms with van der Waals surface area (Å²) in [6.07, 6.45) is 0. The Hall–Kier alpha value is -2.17. The lowest BCUT2D eigenvalue weighted by Gasteiger charge is -2.17. The van der Waals surface area contributed by atoms with Crippen molar-refractivity contribution in [2.75, 3.05) is 6.54 Å². The molecular weight excluding hydrogens is 286 g/mol. The van der Waals surface area contributed by atoms with Crippen LogP contribution in [0.1, 0.15) is 48.5 Å². The molecule has 0 fully saturated rings. The van der Waals surface area contributed by atoms with Crippen molar-refractivity contribution in [2.24, 2.45) is 11.5 Å². The second kappa shape index (κ2) is 7.90. The van der Waals surface area contributed by atoms with E-state index in [4.69, 9.17) is 11.5 Å². The molecule has 0 aliphatic rings. The average molecular weight is 311 g/mol. The molecule has 0 saturated heterocycles. The quantitative estimate of drug-likeness (QED) is 0.767. The Morgan fingerprint density at radius 1 is 0.913 bits per heavy atom. The van der Waals surface area contributed by atoms with Gasteiger partial charge >= 0.3 is 0 Å². The van der Waals surface area contributed by atoms with Crippen molar-refractivity contribution in [3.05, 3.63) is 71.3 Å². The normalized spacial score (nSPS) is 13.6. The van der Waals surface area contributed by atoms with Crippen LogP contribution in [0, 0.1) is 0 Å². The van der Waals surface area contributed by atoms with E-state index in [9.17, 15) is 4.79 Å². The molecule has 2 rings (SSSR count). The third kappa shape index (κ3) is 4.65. The van der Waals surface area contributed by atoms with Crippen LogP contribution in [-0.4, -0.2) is 12.5 Å². The summed E-state index contributed by atoms with van der Waals surface area (Å²) in [6.45, 7) is 4.67. The Balaban J connectivity index is 1.90. The van der Waals surface area contributed by atoms with Crippen molar-refractivity contribution in [3.8, 4) is 0 Å². The van der Waals surface area contributed by atoms with E-state index in [1.807, 2.05) is 42.5 Å². The monoisotopic (exact) mass is 311 g/mol. The Bertz CT molecular complexity index is 623. The van der Waals surface area contributed by atoms with Gasteiger partial charge in [-0.2, -0.15) is 0 Å². The third-order valence-corrected chi connectivity index (χ3v) is 3.97. The van der Waals surface area contributed by atoms with E-state index >= 15 is 0 Å². The van der Waals surface area contributed by atoms with Crippen molar-refractivity contribution < 1.29 is 4.79 Å². The van der Waals surface area contributed by atoms with Crippen LogP contribution in [0.25, 0.3) is 0 Å². The molecule has 0 aliphatic carbocycles. The molecule has 2 atom stereocenters. The van der Waals surface area contributed by atoms with Crippen LogP contribution in [0.4, 0.5) is 0 Å². The van der Waals surface area contributed by atoms with E-state index in [0.717, 1.165) is 11.1 Å². The molecular formula is C19H25N3O. The number of amides is 1. The number of hydrogen-bond acceptors (Lipinski definition) is 3. The largest absolute Gasteiger partial charge is 0.353 e. The maximum Gasteiger partial charge on any atom is 0.241 e. The fourth-order valence-electron chi connectivity index (χ4n) is 2.38. The highest BCUT2D eigenvalue weighted by molar-refractivity contribution is 5.82. The highest BCUT2D eigenvalue weighted by Crippen LogP contribution is 2.17. The summed E-state index contributed by atoms with van der Waals surface area (Å²) in [7, 11) is 0. The van der Waals surface area contributed by atoms with Gasteiger partial charge in [-0.15, -0.1) is 0 Å². The van der Waals surface area contributed by atoms with Crippen LogP contribution in [0.3, 0.4) is 0 Å². The van der Waals surface area contributed by atoms with Crippen LogP contribution in [0.2, 0.25) is 0 Å². The summed E-state index contributed by atoms with van der Waals surface area (Å²) in [6, 6.07) is 16.6. The molecule has 2 aromatic rings. The molecule has 0 heterocycles. The van der Waals surface area contributed by atoms with Gasteiger partial charge < -0.3 is 16.8 Å². The molecule has 0 aliphatic heterocycles. The first kappa shape index (κ1) is 17.2. The highest BCUT2D eigenvalue weighted by Gasteiger charge is 2.16. The molecule has 4 nitrogen and oxygen atoms in total. The Labute approximate surface area is 137 Å². The molecule has 5 N–H and O–H groups in total. The van der Waals surface area contributed by atoms with Gasteiger partial charge in [-0.1, -0.05) is 68.4 Å². The van der Waals surface area contributed by atoms with Gasteiger partial charge in [0.15, 0.2) is 0 Å². The summed E-state index contributed by atoms with van der Waals surface area (Å²) in [5, 5.41) is 2.83. The topological polar surface area (TPSA) is 81.1 Å². The minimum atomic E-state index is -0.674. The van der Waals surface area contributed by atoms with Gasteiger partial charge in [0.05, 0.1) is 0 Å². The van der Waals surface area contributed by atoms with E-state index in [-0.39, 0.29) is 11.9 Å². The van der Waals surface area contributed by atoms with Crippen LogP contribution in [0.5, 0.6) is 0 Å². The van der Waals surface area contributed by atoms with Crippen molar-refractivity contribution in [2.45, 2.75) is 31.8 Å². The zero-order valence-electron chi connectivity index (χ0n) is 13.7. The summed E-state index contributed by atoms with van der Waals surface area (Å²) in [5.41, 5.74) is 15.2. The maximum absolute atomic E-state index is 12.1. The molecule has 1 amide bonds. The molecule has 2 aromatic carbocycles. The molecule has 0 saturated carbocycles. The Morgan fingerprint density at radius 2 is 1.48 bits per heavy atom. The number of benzene rings is 2. The molecule has 23 heavy (non-hydrogen) atoms. The van der Waals surface area contributed by atoms with Crippen molar-refractivity contribution >= 4 is 5.91 Å². The second-order valence-electron chi connectivity index (χ2n) is 6.06. The maximum atomic E-state index is 12.1. The van der Waals surface area contributed by atoms with E-state index in [2.05, 4.69) is 31.3 Å². The lowest BCUT2D eigenvalue weighted by atomic mass is 9.99. The summed E-state index contributed by atoms with van der Waals surface area (Å²) in [4.78, 5) is 12.1. The number of nitrogens with two attached hydrogens (primary N) is 2. The van der Waals surface area contributed by atoms with Gasteiger partial charge in [0.2, 0.25) is 5.91 Å². The van der Waals surface area contributed by atoms with Crippen LogP contribution in [-0.2, 0) is 4.79 Å². The molecule has 0 spiro atoms. The number of hydrogen-bond donors (Lipinski definition) is 3. The standard InChI is InChI=1S/C19H25N3O/c1-13(2)14-8-10-15(11-9-14)17(20)12-22-19(23)18(21)16-6-4-3-5-7-16/h3-11,13,17-18H,12,20-21H2,1-2H3,(H,22,23). The smallest absolute Gasteiger partial charge is 0.241 e. The average Bonchev–Trinajstić information content (AvgIpc) is 2.59. The fourth-order valence-corrected chi connectivity index (χ4v) is 2.38. The Morgan fingerprint density at radius 3 is 2.04 bits per heavy atom. The summed E-state index contributed by atoms with van der Waals surface area (Å²) >= 11 is 0. The van der Waals surface area contributed by atoms with Gasteiger partial charge in [0.1, 0.15) is 6.04 Å². The molecule has 0 aromatic heterocycles. The predicted octanol–water partition coefficient (Wildman–Crippen LogP) is 2.63. The van der Waals surface area contributed by atoms with E-state index in [1.54, 1.807) is 0 Å². The molecule has 4 heteroatoms. The SMILES string of the molecule is CC(C)c1ccc(C(N)CNC(=O)C(N)c2ccccc2)cc1. The molecule has 0 radical (unpaired) electrons. The van der Waals surface area contributed by atoms with E-state index < -0.39 is 6.04 Å². The lowest BCUT2D eigenvalue weighted by Crippen LogP contribution is -2.38. The minimum absolute atomic E-state index is 0.217. The van der Waals surface area contributed by atoms with Crippen LogP contribution < -0.4 is 16.8 Å². The van der Waals surface area contributed by atoms with Crippen molar-refractivity contribution in [1.82, 2.24) is 5.32 Å². The second-order valence-corrected chi connectivity index (χ2v) is 6.06. The number of carbonyl (C=O) groups excluding carboxylic acids is 1. The van der Waals surface area contributed by atoms with Gasteiger partial charge in [0.25, 0.3) is 0 Å². The number of nitrogens with one attached hydrogen (secondary N) is 1. The zero-order valence-corrected chi connectivity index (χ0v) is 13.7. The van der Waals surface area contributed by atoms with Crippen molar-refractivity contribution in [1.29, 1.82) is 0 Å². The highest BCUT2D eigenvalue weighted by atomic mass is 16.2. The number of rotatable bonds is 6. The molecule has 0 bridgehead atoms. The minimum Gasteiger partial charge on any atom is -0.353 e. The van der Waals surface area contributed by atoms with E-state index in [0.29, 0.717) is 12.5 Å². The number of carbonyl (C=O) groups is 1. The fraction of sp³-hybridized carbons (Fsp3) is 0.316. The first-order chi connectivity index (χ1) is 11.0. The van der Waals surface area contributed by atoms with Gasteiger partial charge in [0, 0.05) is 12.6 Å². The third-order valence-electron chi connectivity index (χ3n) is 3.97. The van der Waals surface area contributed by atoms with Gasteiger partial charge in [-0.3, -0.25) is 4.79 Å². The lowest BCUT2D eigenvalue weighted by molar-refractivity contribution is -0.122. The van der Waals surface area contributed by atoms with Crippen LogP contribution in [0.15, 0.2) is 54.6 Å². The molecule has 122 valence electrons. The van der Waals surface area contributed by atoms with Gasteiger partial charge in [-0.25, -0.2) is 0 Å².